The lowest BCUT2D eigenvalue weighted by molar-refractivity contribution is 0.220. The second kappa shape index (κ2) is 6.56. The molecule has 0 spiro atoms. The molecule has 4 nitrogen and oxygen atoms in total. The summed E-state index contributed by atoms with van der Waals surface area (Å²) in [7, 11) is 0. The molecule has 1 aromatic rings. The Labute approximate surface area is 144 Å². The topological polar surface area (TPSA) is 35.9 Å². The van der Waals surface area contributed by atoms with Gasteiger partial charge in [-0.2, -0.15) is 0 Å². The molecule has 1 aliphatic heterocycles. The largest absolute Gasteiger partial charge is 0.331 e. The van der Waals surface area contributed by atoms with Crippen LogP contribution in [0, 0.1) is 13.8 Å². The predicted molar refractivity (Wildman–Crippen MR) is 100 cm³/mol. The molecule has 0 atom stereocenters. The average Bonchev–Trinajstić information content (AvgIpc) is 2.38. The van der Waals surface area contributed by atoms with Crippen molar-refractivity contribution in [2.24, 2.45) is 4.99 Å². The van der Waals surface area contributed by atoms with E-state index in [9.17, 15) is 4.79 Å². The zero-order chi connectivity index (χ0) is 17.4. The van der Waals surface area contributed by atoms with Crippen LogP contribution in [-0.4, -0.2) is 33.6 Å². The van der Waals surface area contributed by atoms with Crippen molar-refractivity contribution in [1.82, 2.24) is 4.90 Å². The molecule has 23 heavy (non-hydrogen) atoms. The molecule has 1 aliphatic rings. The molecule has 1 aromatic carbocycles. The number of rotatable bonds is 2. The molecular formula is C18H27N3OS. The van der Waals surface area contributed by atoms with Gasteiger partial charge in [-0.15, -0.1) is 0 Å². The summed E-state index contributed by atoms with van der Waals surface area (Å²) in [6, 6.07) is 6.29. The van der Waals surface area contributed by atoms with Gasteiger partial charge in [0.25, 0.3) is 0 Å². The van der Waals surface area contributed by atoms with Crippen molar-refractivity contribution < 1.29 is 4.79 Å². The molecule has 1 saturated heterocycles. The molecule has 1 heterocycles. The normalized spacial score (nSPS) is 18.3. The third kappa shape index (κ3) is 4.08. The van der Waals surface area contributed by atoms with Crippen LogP contribution < -0.4 is 4.90 Å². The summed E-state index contributed by atoms with van der Waals surface area (Å²) in [4.78, 5) is 21.5. The summed E-state index contributed by atoms with van der Waals surface area (Å²) in [5.41, 5.74) is 3.11. The SMILES string of the molecule is Cc1ccc(N2CSC(=NC(C)(C)C)N(C(C)C)C2=O)c(C)c1. The molecule has 0 unspecified atom stereocenters. The summed E-state index contributed by atoms with van der Waals surface area (Å²) < 4.78 is 0. The first kappa shape index (κ1) is 17.9. The van der Waals surface area contributed by atoms with Gasteiger partial charge in [0.05, 0.1) is 11.4 Å². The summed E-state index contributed by atoms with van der Waals surface area (Å²) >= 11 is 1.63. The molecule has 0 aliphatic carbocycles. The second-order valence-electron chi connectivity index (χ2n) is 7.30. The Morgan fingerprint density at radius 3 is 2.39 bits per heavy atom. The van der Waals surface area contributed by atoms with Crippen LogP contribution >= 0.6 is 11.8 Å². The third-order valence-corrected chi connectivity index (χ3v) is 4.49. The molecule has 2 rings (SSSR count). The summed E-state index contributed by atoms with van der Waals surface area (Å²) in [5, 5.41) is 0.818. The monoisotopic (exact) mass is 333 g/mol. The number of hydrogen-bond acceptors (Lipinski definition) is 3. The molecule has 0 aromatic heterocycles. The Morgan fingerprint density at radius 1 is 1.22 bits per heavy atom. The maximum absolute atomic E-state index is 13.1. The van der Waals surface area contributed by atoms with E-state index < -0.39 is 0 Å². The lowest BCUT2D eigenvalue weighted by Crippen LogP contribution is -2.53. The molecule has 0 N–H and O–H groups in total. The number of hydrogen-bond donors (Lipinski definition) is 0. The van der Waals surface area contributed by atoms with Gasteiger partial charge in [0, 0.05) is 11.7 Å². The minimum Gasteiger partial charge on any atom is -0.284 e. The quantitative estimate of drug-likeness (QED) is 0.779. The number of anilines is 1. The highest BCUT2D eigenvalue weighted by molar-refractivity contribution is 8.14. The van der Waals surface area contributed by atoms with E-state index in [0.29, 0.717) is 5.88 Å². The number of thioether (sulfide) groups is 1. The minimum absolute atomic E-state index is 0.00806. The van der Waals surface area contributed by atoms with E-state index in [-0.39, 0.29) is 17.6 Å². The number of carbonyl (C=O) groups is 1. The lowest BCUT2D eigenvalue weighted by Gasteiger charge is -2.39. The Kier molecular flexibility index (Phi) is 5.09. The van der Waals surface area contributed by atoms with Crippen LogP contribution in [-0.2, 0) is 0 Å². The van der Waals surface area contributed by atoms with Crippen LogP contribution in [0.5, 0.6) is 0 Å². The number of benzene rings is 1. The summed E-state index contributed by atoms with van der Waals surface area (Å²) in [5.74, 6) is 0.598. The fourth-order valence-electron chi connectivity index (χ4n) is 2.55. The van der Waals surface area contributed by atoms with Gasteiger partial charge in [0.2, 0.25) is 0 Å². The predicted octanol–water partition coefficient (Wildman–Crippen LogP) is 4.80. The number of amides is 2. The second-order valence-corrected chi connectivity index (χ2v) is 8.21. The van der Waals surface area contributed by atoms with Crippen molar-refractivity contribution >= 4 is 28.6 Å². The van der Waals surface area contributed by atoms with Crippen LogP contribution in [0.4, 0.5) is 10.5 Å². The van der Waals surface area contributed by atoms with Gasteiger partial charge in [-0.05, 0) is 60.1 Å². The van der Waals surface area contributed by atoms with E-state index in [0.717, 1.165) is 16.4 Å². The van der Waals surface area contributed by atoms with Crippen LogP contribution in [0.25, 0.3) is 0 Å². The highest BCUT2D eigenvalue weighted by Crippen LogP contribution is 2.31. The van der Waals surface area contributed by atoms with Crippen LogP contribution in [0.2, 0.25) is 0 Å². The minimum atomic E-state index is -0.197. The van der Waals surface area contributed by atoms with Crippen LogP contribution in [0.1, 0.15) is 45.7 Å². The Balaban J connectivity index is 2.38. The van der Waals surface area contributed by atoms with E-state index in [1.807, 2.05) is 24.8 Å². The van der Waals surface area contributed by atoms with Crippen molar-refractivity contribution in [1.29, 1.82) is 0 Å². The van der Waals surface area contributed by atoms with Crippen molar-refractivity contribution in [3.05, 3.63) is 29.3 Å². The van der Waals surface area contributed by atoms with E-state index in [2.05, 4.69) is 46.8 Å². The standard InChI is InChI=1S/C18H27N3OS/c1-12(2)21-16(19-18(5,6)7)23-11-20(17(21)22)15-9-8-13(3)10-14(15)4/h8-10,12H,11H2,1-7H3. The first-order valence-electron chi connectivity index (χ1n) is 8.01. The summed E-state index contributed by atoms with van der Waals surface area (Å²) in [6.45, 7) is 14.3. The molecule has 2 amide bonds. The molecule has 0 bridgehead atoms. The fourth-order valence-corrected chi connectivity index (χ4v) is 3.82. The highest BCUT2D eigenvalue weighted by atomic mass is 32.2. The Morgan fingerprint density at radius 2 is 1.87 bits per heavy atom. The average molecular weight is 334 g/mol. The van der Waals surface area contributed by atoms with E-state index >= 15 is 0 Å². The number of aliphatic imine (C=N–C) groups is 1. The molecule has 126 valence electrons. The van der Waals surface area contributed by atoms with E-state index in [1.54, 1.807) is 16.7 Å². The van der Waals surface area contributed by atoms with Gasteiger partial charge in [0.15, 0.2) is 5.17 Å². The third-order valence-electron chi connectivity index (χ3n) is 3.56. The van der Waals surface area contributed by atoms with Gasteiger partial charge >= 0.3 is 6.03 Å². The zero-order valence-electron chi connectivity index (χ0n) is 15.2. The number of amidine groups is 1. The fraction of sp³-hybridized carbons (Fsp3) is 0.556. The first-order chi connectivity index (χ1) is 10.6. The van der Waals surface area contributed by atoms with Crippen molar-refractivity contribution in [3.63, 3.8) is 0 Å². The van der Waals surface area contributed by atoms with Crippen molar-refractivity contribution in [2.75, 3.05) is 10.8 Å². The molecule has 5 heteroatoms. The number of urea groups is 1. The Bertz CT molecular complexity index is 632. The van der Waals surface area contributed by atoms with E-state index in [4.69, 9.17) is 4.99 Å². The summed E-state index contributed by atoms with van der Waals surface area (Å²) in [6.07, 6.45) is 0. The van der Waals surface area contributed by atoms with Crippen molar-refractivity contribution in [2.45, 2.75) is 60.0 Å². The van der Waals surface area contributed by atoms with E-state index in [1.165, 1.54) is 5.56 Å². The van der Waals surface area contributed by atoms with Crippen LogP contribution in [0.3, 0.4) is 0 Å². The van der Waals surface area contributed by atoms with Gasteiger partial charge in [-0.1, -0.05) is 29.5 Å². The molecule has 1 fully saturated rings. The molecular weight excluding hydrogens is 306 g/mol. The number of carbonyl (C=O) groups excluding carboxylic acids is 1. The lowest BCUT2D eigenvalue weighted by atomic mass is 10.1. The van der Waals surface area contributed by atoms with Gasteiger partial charge in [-0.3, -0.25) is 14.8 Å². The number of nitrogens with zero attached hydrogens (tertiary/aromatic N) is 3. The van der Waals surface area contributed by atoms with Crippen molar-refractivity contribution in [3.8, 4) is 0 Å². The van der Waals surface area contributed by atoms with Gasteiger partial charge < -0.3 is 0 Å². The number of aryl methyl sites for hydroxylation is 2. The maximum atomic E-state index is 13.1. The molecule has 0 radical (unpaired) electrons. The smallest absolute Gasteiger partial charge is 0.284 e. The molecule has 0 saturated carbocycles. The van der Waals surface area contributed by atoms with Crippen LogP contribution in [0.15, 0.2) is 23.2 Å². The van der Waals surface area contributed by atoms with Gasteiger partial charge in [0.1, 0.15) is 0 Å². The maximum Gasteiger partial charge on any atom is 0.331 e. The highest BCUT2D eigenvalue weighted by Gasteiger charge is 2.35. The zero-order valence-corrected chi connectivity index (χ0v) is 16.0. The van der Waals surface area contributed by atoms with Gasteiger partial charge in [-0.25, -0.2) is 4.79 Å². The Hall–Kier alpha value is -1.49. The first-order valence-corrected chi connectivity index (χ1v) is 8.99.